The van der Waals surface area contributed by atoms with Crippen LogP contribution >= 0.6 is 7.56 Å². The minimum atomic E-state index is -4.73. The lowest BCUT2D eigenvalue weighted by Gasteiger charge is -2.66. The van der Waals surface area contributed by atoms with Gasteiger partial charge in [0.2, 0.25) is 0 Å². The first-order valence-electron chi connectivity index (χ1n) is 46.8. The largest absolute Gasteiger partial charge is 0.253 e. The van der Waals surface area contributed by atoms with Gasteiger partial charge in [0.05, 0.1) is 18.6 Å². The average molecular weight is 1560 g/mol. The van der Waals surface area contributed by atoms with Gasteiger partial charge in [0, 0.05) is 978 Å². The van der Waals surface area contributed by atoms with E-state index in [0.717, 1.165) is 0 Å². The summed E-state index contributed by atoms with van der Waals surface area (Å²) in [5, 5.41) is 0. The van der Waals surface area contributed by atoms with Crippen LogP contribution in [0.3, 0.4) is 0 Å². The van der Waals surface area contributed by atoms with Crippen molar-refractivity contribution in [3.63, 3.8) is 0 Å². The van der Waals surface area contributed by atoms with Crippen molar-refractivity contribution in [3.05, 3.63) is 0 Å². The summed E-state index contributed by atoms with van der Waals surface area (Å²) in [4.78, 5) is 0. The predicted octanol–water partition coefficient (Wildman–Crippen LogP) is -52.8. The monoisotopic (exact) mass is 1580 g/mol. The molecule has 428 valence electrons. The molecule has 0 amide bonds. The topological polar surface area (TPSA) is 0 Å². The van der Waals surface area contributed by atoms with Gasteiger partial charge >= 0.3 is 0 Å². The Balaban J connectivity index is 18.5. The second kappa shape index (κ2) is 69.9. The standard InChI is InChI=1S/B141P/c1-73(2)109(74(3)4)127(110(75(5)6)76(7)8)136(128(111(77(9)10)78(11)12)112(79(13)14)80(15)16)140(135(125(105(65)66)106(67)68)126(107(69)70)108(71)72)142(139(133(121(97(49)50)98(51)52)122(99(53)54)100(55)56)134(123(101(57)58)102(59)60)124(103(61)62)104(63)64)141(137(129(113(81(17)18)82(19)20)114(83(21)22)84(23)24)130(115(85(25)26)86(27)28)116(87(29)30)88(31)32)138(131(117(89(33)34)90(35)36)118(91(37)38)92(39)40)132(119(93(41)42)94(43)44)120(95(45)46)96(47)48. The van der Waals surface area contributed by atoms with E-state index in [9.17, 15) is 0 Å². The van der Waals surface area contributed by atoms with Gasteiger partial charge in [-0.15, -0.1) is 0 Å². The van der Waals surface area contributed by atoms with Gasteiger partial charge in [-0.3, -0.25) is 7.56 Å². The van der Waals surface area contributed by atoms with Crippen LogP contribution in [0.15, 0.2) is 0 Å². The summed E-state index contributed by atoms with van der Waals surface area (Å²) >= 11 is 0. The summed E-state index contributed by atoms with van der Waals surface area (Å²) in [5.74, 6) is 0. The zero-order chi connectivity index (χ0) is 112. The second-order valence-electron chi connectivity index (χ2n) is 40.0. The van der Waals surface area contributed by atoms with E-state index in [2.05, 4.69) is 0 Å². The highest BCUT2D eigenvalue weighted by Crippen LogP contribution is 2.55. The lowest BCUT2D eigenvalue weighted by molar-refractivity contribution is 3.16. The van der Waals surface area contributed by atoms with Crippen LogP contribution in [0, 0.1) is 0 Å². The molecular weight excluding hydrogens is 1560 g/mol. The number of hydrogen-bond acceptors (Lipinski definition) is 0. The van der Waals surface area contributed by atoms with Crippen LogP contribution in [0.1, 0.15) is 0 Å². The molecular formula is B141P. The van der Waals surface area contributed by atoms with Crippen molar-refractivity contribution in [2.45, 2.75) is 0 Å². The highest BCUT2D eigenvalue weighted by molar-refractivity contribution is 8.66. The van der Waals surface area contributed by atoms with E-state index in [-0.39, 0.29) is 0 Å². The molecule has 0 saturated heterocycles. The first-order chi connectivity index (χ1) is 64.6. The molecule has 1 unspecified atom stereocenters. The van der Waals surface area contributed by atoms with Gasteiger partial charge in [0.1, 0.15) is 0 Å². The van der Waals surface area contributed by atoms with Crippen molar-refractivity contribution >= 4 is 1000 Å². The molecule has 0 heterocycles. The van der Waals surface area contributed by atoms with Gasteiger partial charge in [-0.05, 0) is 0 Å². The molecule has 0 aliphatic heterocycles. The number of hydrogen-bond donors (Lipinski definition) is 0. The van der Waals surface area contributed by atoms with E-state index in [1.807, 2.05) is 0 Å². The molecule has 142 heteroatoms. The van der Waals surface area contributed by atoms with Gasteiger partial charge in [-0.2, -0.15) is 0 Å². The molecule has 1 atom stereocenters. The maximum Gasteiger partial charge on any atom is 0.0527 e. The summed E-state index contributed by atoms with van der Waals surface area (Å²) in [6.45, 7) is 0. The Hall–Kier alpha value is 9.59. The molecule has 0 N–H and O–H groups in total. The SMILES string of the molecule is [B]B([B])B(B([B])[B])B(B(B([B])[B])B([B])[B])B(B(B(B([B])[B])B([B])[B])B(B([B])[B])B([B])[B])B(B(B(B([B])[B])B([B])[B])B(B([B])[B])B([B])[B])P(B(B(B(B([B])[B])B([B])[B])B(B([B])[B])B([B])[B])B(B(B([B])[B])B([B])[B])B(B([B])[B])B([B])[B])B(B(B(B(B([B])[B])B([B])[B])B(B([B])[B])B([B])[B])B(B(B([B])[B])B([B])[B])B(B([B])[B])B([B])[B])B(B(B(B([B])[B])B([B])[B])B(B([B])[B])B([B])[B])B(B(B([B])[B])B([B])[B])B(B([B])[B])B([B])[B]. The zero-order valence-electron chi connectivity index (χ0n) is 81.9. The molecule has 0 saturated carbocycles. The van der Waals surface area contributed by atoms with Crippen LogP contribution in [0.5, 0.6) is 0 Å². The Morgan fingerprint density at radius 2 is 0.0986 bits per heavy atom. The van der Waals surface area contributed by atoms with Crippen molar-refractivity contribution in [1.82, 2.24) is 0 Å². The molecule has 0 aromatic carbocycles. The Morgan fingerprint density at radius 1 is 0.0563 bits per heavy atom. The van der Waals surface area contributed by atoms with E-state index < -0.39 is 448 Å². The van der Waals surface area contributed by atoms with Gasteiger partial charge < -0.3 is 0 Å². The maximum absolute atomic E-state index is 7.67. The van der Waals surface area contributed by atoms with E-state index >= 15 is 0 Å². The van der Waals surface area contributed by atoms with Gasteiger partial charge in [-0.1, -0.05) is 0 Å². The summed E-state index contributed by atoms with van der Waals surface area (Å²) < 4.78 is 0. The van der Waals surface area contributed by atoms with E-state index in [1.165, 1.54) is 0 Å². The van der Waals surface area contributed by atoms with Crippen LogP contribution in [-0.2, 0) is 0 Å². The Morgan fingerprint density at radius 3 is 0.148 bits per heavy atom. The maximum atomic E-state index is 7.67. The Labute approximate surface area is 993 Å². The van der Waals surface area contributed by atoms with Crippen LogP contribution < -0.4 is 0 Å². The summed E-state index contributed by atoms with van der Waals surface area (Å²) in [5.41, 5.74) is 0. The quantitative estimate of drug-likeness (QED) is 0.0421. The number of rotatable bonds is 69. The first-order valence-corrected chi connectivity index (χ1v) is 48.3. The fourth-order valence-corrected chi connectivity index (χ4v) is 31.3. The van der Waals surface area contributed by atoms with Crippen molar-refractivity contribution in [3.8, 4) is 0 Å². The van der Waals surface area contributed by atoms with Crippen molar-refractivity contribution < 1.29 is 0 Å². The summed E-state index contributed by atoms with van der Waals surface area (Å²) in [7, 11) is 539. The molecule has 0 aliphatic carbocycles. The molecule has 0 aromatic rings. The molecule has 0 rings (SSSR count). The fraction of sp³-hybridized carbons (Fsp3) is 0. The summed E-state index contributed by atoms with van der Waals surface area (Å²) in [6.07, 6.45) is -158. The van der Waals surface area contributed by atoms with Crippen LogP contribution in [-0.4, -0.2) is 997 Å². The molecule has 0 fully saturated rings. The average Bonchev–Trinajstić information content (AvgIpc) is 0.695. The van der Waals surface area contributed by atoms with E-state index in [1.54, 1.807) is 0 Å². The predicted molar refractivity (Wildman–Crippen MR) is 818 cm³/mol. The normalized spacial score (nSPS) is 10.1. The van der Waals surface area contributed by atoms with Crippen molar-refractivity contribution in [1.29, 1.82) is 0 Å². The molecule has 144 radical (unpaired) electrons. The van der Waals surface area contributed by atoms with Crippen LogP contribution in [0.25, 0.3) is 0 Å². The Kier molecular flexibility index (Phi) is 74.6. The highest BCUT2D eigenvalue weighted by atomic mass is 31.1. The smallest absolute Gasteiger partial charge is 0.0527 e. The molecule has 0 aliphatic rings. The third kappa shape index (κ3) is 40.5. The lowest BCUT2D eigenvalue weighted by atomic mass is 8.26. The molecule has 0 nitrogen and oxygen atoms in total. The van der Waals surface area contributed by atoms with E-state index in [0.29, 0.717) is 0 Å². The van der Waals surface area contributed by atoms with Crippen molar-refractivity contribution in [2.24, 2.45) is 0 Å². The molecule has 0 spiro atoms. The van der Waals surface area contributed by atoms with Gasteiger partial charge in [0.25, 0.3) is 0 Å². The van der Waals surface area contributed by atoms with Crippen LogP contribution in [0.2, 0.25) is 0 Å². The molecule has 0 aromatic heterocycles. The first kappa shape index (κ1) is 152. The third-order valence-corrected chi connectivity index (χ3v) is 34.2. The van der Waals surface area contributed by atoms with Crippen LogP contribution in [0.4, 0.5) is 0 Å². The van der Waals surface area contributed by atoms with Gasteiger partial charge in [0.15, 0.2) is 0 Å². The molecule has 0 bridgehead atoms. The fourth-order valence-electron chi connectivity index (χ4n) is 25.3. The summed E-state index contributed by atoms with van der Waals surface area (Å²) in [6, 6.07) is 0. The Bertz CT molecular complexity index is 2460. The zero-order valence-corrected chi connectivity index (χ0v) is 82.7. The third-order valence-electron chi connectivity index (χ3n) is 30.1. The van der Waals surface area contributed by atoms with Crippen molar-refractivity contribution in [2.75, 3.05) is 0 Å². The second-order valence-corrected chi connectivity index (χ2v) is 42.7. The minimum Gasteiger partial charge on any atom is -0.253 e. The van der Waals surface area contributed by atoms with E-state index in [4.69, 9.17) is 557 Å². The molecule has 142 heavy (non-hydrogen) atoms. The minimum absolute atomic E-state index is 2.16. The van der Waals surface area contributed by atoms with Gasteiger partial charge in [-0.25, -0.2) is 0 Å². The highest BCUT2D eigenvalue weighted by Gasteiger charge is 2.72. The lowest BCUT2D eigenvalue weighted by Crippen LogP contribution is -2.97.